The fourth-order valence-electron chi connectivity index (χ4n) is 2.82. The molecule has 0 radical (unpaired) electrons. The number of carbonyl (C=O) groups excluding carboxylic acids is 1. The molecule has 9 heteroatoms. The SMILES string of the molecule is COc1ccc(-c2snc(OC)c2COc2c(F)cc(CCOC=O)cc2F)cc1. The molecule has 0 unspecified atom stereocenters. The maximum Gasteiger partial charge on any atom is 0.293 e. The van der Waals surface area contributed by atoms with Crippen molar-refractivity contribution >= 4 is 18.0 Å². The number of carbonyl (C=O) groups is 1. The number of hydrogen-bond acceptors (Lipinski definition) is 7. The van der Waals surface area contributed by atoms with Gasteiger partial charge in [0.1, 0.15) is 12.4 Å². The minimum Gasteiger partial charge on any atom is -0.497 e. The molecule has 0 saturated heterocycles. The Labute approximate surface area is 176 Å². The van der Waals surface area contributed by atoms with Gasteiger partial charge < -0.3 is 18.9 Å². The Morgan fingerprint density at radius 2 is 1.77 bits per heavy atom. The van der Waals surface area contributed by atoms with Crippen molar-refractivity contribution in [2.24, 2.45) is 0 Å². The van der Waals surface area contributed by atoms with Gasteiger partial charge >= 0.3 is 0 Å². The second kappa shape index (κ2) is 10.0. The first-order valence-corrected chi connectivity index (χ1v) is 9.67. The third kappa shape index (κ3) is 4.85. The van der Waals surface area contributed by atoms with Crippen LogP contribution in [0.2, 0.25) is 0 Å². The van der Waals surface area contributed by atoms with Crippen molar-refractivity contribution < 1.29 is 32.5 Å². The van der Waals surface area contributed by atoms with E-state index in [1.807, 2.05) is 12.1 Å². The summed E-state index contributed by atoms with van der Waals surface area (Å²) in [4.78, 5) is 10.9. The number of nitrogens with zero attached hydrogens (tertiary/aromatic N) is 1. The molecular formula is C21H19F2NO5S. The average Bonchev–Trinajstić information content (AvgIpc) is 3.16. The number of hydrogen-bond donors (Lipinski definition) is 0. The Morgan fingerprint density at radius 3 is 2.37 bits per heavy atom. The minimum absolute atomic E-state index is 0.0333. The summed E-state index contributed by atoms with van der Waals surface area (Å²) in [6.45, 7) is 0.181. The van der Waals surface area contributed by atoms with Gasteiger partial charge in [0.05, 0.1) is 31.3 Å². The Kier molecular flexibility index (Phi) is 7.18. The molecule has 30 heavy (non-hydrogen) atoms. The lowest BCUT2D eigenvalue weighted by Gasteiger charge is -2.11. The first-order valence-electron chi connectivity index (χ1n) is 8.90. The van der Waals surface area contributed by atoms with Crippen LogP contribution in [0.15, 0.2) is 36.4 Å². The largest absolute Gasteiger partial charge is 0.497 e. The highest BCUT2D eigenvalue weighted by molar-refractivity contribution is 7.10. The highest BCUT2D eigenvalue weighted by Crippen LogP contribution is 2.36. The molecule has 0 spiro atoms. The molecule has 0 N–H and O–H groups in total. The molecule has 3 aromatic rings. The summed E-state index contributed by atoms with van der Waals surface area (Å²) in [7, 11) is 3.04. The highest BCUT2D eigenvalue weighted by Gasteiger charge is 2.19. The van der Waals surface area contributed by atoms with Gasteiger partial charge in [-0.15, -0.1) is 0 Å². The predicted molar refractivity (Wildman–Crippen MR) is 107 cm³/mol. The third-order valence-corrected chi connectivity index (χ3v) is 5.21. The Hall–Kier alpha value is -3.20. The van der Waals surface area contributed by atoms with Gasteiger partial charge in [-0.05, 0) is 59.1 Å². The van der Waals surface area contributed by atoms with Gasteiger partial charge in [-0.1, -0.05) is 0 Å². The van der Waals surface area contributed by atoms with E-state index < -0.39 is 17.4 Å². The Morgan fingerprint density at radius 1 is 1.07 bits per heavy atom. The van der Waals surface area contributed by atoms with Crippen LogP contribution in [0.1, 0.15) is 11.1 Å². The predicted octanol–water partition coefficient (Wildman–Crippen LogP) is 4.40. The summed E-state index contributed by atoms with van der Waals surface area (Å²) >= 11 is 1.20. The van der Waals surface area contributed by atoms with Crippen LogP contribution in [-0.4, -0.2) is 31.7 Å². The van der Waals surface area contributed by atoms with Crippen LogP contribution in [0.3, 0.4) is 0 Å². The van der Waals surface area contributed by atoms with Gasteiger partial charge in [0.15, 0.2) is 17.4 Å². The second-order valence-electron chi connectivity index (χ2n) is 6.12. The van der Waals surface area contributed by atoms with E-state index in [2.05, 4.69) is 9.11 Å². The first-order chi connectivity index (χ1) is 14.6. The molecule has 3 rings (SSSR count). The molecule has 0 aliphatic carbocycles. The standard InChI is InChI=1S/C21H19F2NO5S/c1-26-15-5-3-14(4-6-15)20-16(21(27-2)24-30-20)11-29-19-17(22)9-13(10-18(19)23)7-8-28-12-25/h3-6,9-10,12H,7-8,11H2,1-2H3. The number of methoxy groups -OCH3 is 2. The maximum atomic E-state index is 14.4. The van der Waals surface area contributed by atoms with E-state index in [0.717, 1.165) is 22.6 Å². The van der Waals surface area contributed by atoms with Crippen LogP contribution in [0, 0.1) is 11.6 Å². The zero-order valence-electron chi connectivity index (χ0n) is 16.3. The van der Waals surface area contributed by atoms with E-state index in [1.165, 1.54) is 18.6 Å². The normalized spacial score (nSPS) is 10.5. The van der Waals surface area contributed by atoms with Gasteiger partial charge in [-0.25, -0.2) is 8.78 Å². The van der Waals surface area contributed by atoms with Crippen molar-refractivity contribution in [1.82, 2.24) is 4.37 Å². The molecular weight excluding hydrogens is 416 g/mol. The number of aromatic nitrogens is 1. The molecule has 0 amide bonds. The van der Waals surface area contributed by atoms with E-state index in [1.54, 1.807) is 19.2 Å². The second-order valence-corrected chi connectivity index (χ2v) is 6.90. The number of ether oxygens (including phenoxy) is 4. The molecule has 0 atom stereocenters. The van der Waals surface area contributed by atoms with Crippen LogP contribution in [0.5, 0.6) is 17.4 Å². The molecule has 0 aliphatic rings. The topological polar surface area (TPSA) is 66.9 Å². The number of benzene rings is 2. The monoisotopic (exact) mass is 435 g/mol. The fraction of sp³-hybridized carbons (Fsp3) is 0.238. The third-order valence-electron chi connectivity index (χ3n) is 4.29. The van der Waals surface area contributed by atoms with E-state index >= 15 is 0 Å². The Balaban J connectivity index is 1.81. The fourth-order valence-corrected chi connectivity index (χ4v) is 3.67. The van der Waals surface area contributed by atoms with Crippen molar-refractivity contribution in [3.05, 3.63) is 59.2 Å². The van der Waals surface area contributed by atoms with Crippen molar-refractivity contribution in [3.63, 3.8) is 0 Å². The molecule has 0 fully saturated rings. The van der Waals surface area contributed by atoms with Crippen molar-refractivity contribution in [3.8, 4) is 27.8 Å². The summed E-state index contributed by atoms with van der Waals surface area (Å²) in [6, 6.07) is 9.62. The summed E-state index contributed by atoms with van der Waals surface area (Å²) in [5.41, 5.74) is 1.78. The molecule has 0 aliphatic heterocycles. The van der Waals surface area contributed by atoms with E-state index in [9.17, 15) is 13.6 Å². The quantitative estimate of drug-likeness (QED) is 0.347. The van der Waals surface area contributed by atoms with E-state index in [4.69, 9.17) is 14.2 Å². The van der Waals surface area contributed by atoms with Crippen LogP contribution in [0.4, 0.5) is 8.78 Å². The van der Waals surface area contributed by atoms with E-state index in [0.29, 0.717) is 22.8 Å². The van der Waals surface area contributed by atoms with Crippen molar-refractivity contribution in [1.29, 1.82) is 0 Å². The summed E-state index contributed by atoms with van der Waals surface area (Å²) in [5, 5.41) is 0. The van der Waals surface area contributed by atoms with Crippen molar-refractivity contribution in [2.75, 3.05) is 20.8 Å². The lowest BCUT2D eigenvalue weighted by Crippen LogP contribution is -2.04. The van der Waals surface area contributed by atoms with Crippen molar-refractivity contribution in [2.45, 2.75) is 13.0 Å². The number of halogens is 2. The van der Waals surface area contributed by atoms with Gasteiger partial charge in [0.25, 0.3) is 6.47 Å². The molecule has 1 heterocycles. The first kappa shape index (κ1) is 21.5. The van der Waals surface area contributed by atoms with Crippen LogP contribution in [0.25, 0.3) is 10.4 Å². The molecule has 0 bridgehead atoms. The maximum absolute atomic E-state index is 14.4. The lowest BCUT2D eigenvalue weighted by molar-refractivity contribution is -0.128. The van der Waals surface area contributed by atoms with Crippen LogP contribution < -0.4 is 14.2 Å². The zero-order valence-corrected chi connectivity index (χ0v) is 17.1. The van der Waals surface area contributed by atoms with Crippen LogP contribution >= 0.6 is 11.5 Å². The minimum atomic E-state index is -0.843. The molecule has 2 aromatic carbocycles. The molecule has 1 aromatic heterocycles. The molecule has 6 nitrogen and oxygen atoms in total. The lowest BCUT2D eigenvalue weighted by atomic mass is 10.1. The summed E-state index contributed by atoms with van der Waals surface area (Å²) in [5.74, 6) is -1.15. The Bertz CT molecular complexity index is 984. The van der Waals surface area contributed by atoms with Gasteiger partial charge in [0.2, 0.25) is 5.88 Å². The highest BCUT2D eigenvalue weighted by atomic mass is 32.1. The summed E-state index contributed by atoms with van der Waals surface area (Å²) in [6.07, 6.45) is 0.191. The van der Waals surface area contributed by atoms with Gasteiger partial charge in [0, 0.05) is 6.42 Å². The molecule has 158 valence electrons. The number of rotatable bonds is 10. The van der Waals surface area contributed by atoms with Gasteiger partial charge in [-0.2, -0.15) is 4.37 Å². The zero-order chi connectivity index (χ0) is 21.5. The van der Waals surface area contributed by atoms with Gasteiger partial charge in [-0.3, -0.25) is 4.79 Å². The molecule has 0 saturated carbocycles. The van der Waals surface area contributed by atoms with E-state index in [-0.39, 0.29) is 26.1 Å². The smallest absolute Gasteiger partial charge is 0.293 e. The average molecular weight is 435 g/mol. The van der Waals surface area contributed by atoms with Crippen LogP contribution in [-0.2, 0) is 22.6 Å². The summed E-state index contributed by atoms with van der Waals surface area (Å²) < 4.78 is 53.5.